The molecule has 132 valence electrons. The minimum Gasteiger partial charge on any atom is -0.493 e. The Bertz CT molecular complexity index is 1050. The van der Waals surface area contributed by atoms with Crippen LogP contribution in [0.5, 0.6) is 5.75 Å². The molecular formula is C18H16N4O4. The second-order valence-electron chi connectivity index (χ2n) is 6.17. The number of benzene rings is 1. The molecule has 0 spiro atoms. The number of anilines is 1. The minimum atomic E-state index is -0.701. The van der Waals surface area contributed by atoms with Gasteiger partial charge in [-0.25, -0.2) is 4.98 Å². The van der Waals surface area contributed by atoms with Crippen molar-refractivity contribution in [1.82, 2.24) is 9.38 Å². The van der Waals surface area contributed by atoms with Crippen LogP contribution in [-0.4, -0.2) is 27.5 Å². The summed E-state index contributed by atoms with van der Waals surface area (Å²) < 4.78 is 6.91. The molecule has 0 saturated carbocycles. The van der Waals surface area contributed by atoms with Crippen LogP contribution in [-0.2, 0) is 6.42 Å². The summed E-state index contributed by atoms with van der Waals surface area (Å²) in [6.45, 7) is 0.926. The van der Waals surface area contributed by atoms with Gasteiger partial charge in [0.25, 0.3) is 0 Å². The molecule has 1 aliphatic rings. The number of pyridine rings is 1. The van der Waals surface area contributed by atoms with Crippen molar-refractivity contribution in [2.24, 2.45) is 5.92 Å². The van der Waals surface area contributed by atoms with Crippen LogP contribution in [0.4, 0.5) is 11.5 Å². The highest BCUT2D eigenvalue weighted by Crippen LogP contribution is 2.27. The molecule has 0 radical (unpaired) electrons. The molecule has 1 aliphatic heterocycles. The Morgan fingerprint density at radius 3 is 2.92 bits per heavy atom. The maximum absolute atomic E-state index is 12.4. The average molecular weight is 352 g/mol. The van der Waals surface area contributed by atoms with Crippen LogP contribution in [0, 0.1) is 16.0 Å². The quantitative estimate of drug-likeness (QED) is 0.571. The molecule has 3 heterocycles. The summed E-state index contributed by atoms with van der Waals surface area (Å²) in [5, 5.41) is 14.4. The van der Waals surface area contributed by atoms with E-state index in [0.717, 1.165) is 17.7 Å². The fourth-order valence-electron chi connectivity index (χ4n) is 3.13. The lowest BCUT2D eigenvalue weighted by molar-refractivity contribution is -0.385. The zero-order valence-corrected chi connectivity index (χ0v) is 13.8. The molecule has 1 atom stereocenters. The maximum Gasteiger partial charge on any atom is 0.376 e. The van der Waals surface area contributed by atoms with Crippen molar-refractivity contribution in [1.29, 1.82) is 0 Å². The third-order valence-electron chi connectivity index (χ3n) is 4.41. The monoisotopic (exact) mass is 352 g/mol. The smallest absolute Gasteiger partial charge is 0.376 e. The summed E-state index contributed by atoms with van der Waals surface area (Å²) in [6, 6.07) is 12.8. The highest BCUT2D eigenvalue weighted by Gasteiger charge is 2.25. The van der Waals surface area contributed by atoms with Gasteiger partial charge < -0.3 is 10.1 Å². The number of nitrogens with zero attached hydrogens (tertiary/aromatic N) is 3. The van der Waals surface area contributed by atoms with Gasteiger partial charge in [0, 0.05) is 18.7 Å². The number of aromatic nitrogens is 2. The van der Waals surface area contributed by atoms with Crippen LogP contribution in [0.15, 0.2) is 53.5 Å². The predicted molar refractivity (Wildman–Crippen MR) is 95.7 cm³/mol. The van der Waals surface area contributed by atoms with Crippen LogP contribution in [0.1, 0.15) is 5.56 Å². The molecule has 1 unspecified atom stereocenters. The average Bonchev–Trinajstić information content (AvgIpc) is 2.66. The lowest BCUT2D eigenvalue weighted by Crippen LogP contribution is -2.29. The SMILES string of the molecule is O=c1c([N+](=O)[O-])c(NCC2COc3ccccc3C2)nc2ccccn12. The molecule has 8 nitrogen and oxygen atoms in total. The Morgan fingerprint density at radius 2 is 2.08 bits per heavy atom. The molecule has 0 fully saturated rings. The zero-order chi connectivity index (χ0) is 18.1. The van der Waals surface area contributed by atoms with Crippen molar-refractivity contribution < 1.29 is 9.66 Å². The van der Waals surface area contributed by atoms with Crippen LogP contribution in [0.25, 0.3) is 5.65 Å². The summed E-state index contributed by atoms with van der Waals surface area (Å²) in [4.78, 5) is 27.4. The van der Waals surface area contributed by atoms with Crippen LogP contribution < -0.4 is 15.6 Å². The van der Waals surface area contributed by atoms with Gasteiger partial charge in [-0.15, -0.1) is 0 Å². The molecule has 0 aliphatic carbocycles. The Balaban J connectivity index is 1.60. The Morgan fingerprint density at radius 1 is 1.27 bits per heavy atom. The third kappa shape index (κ3) is 2.85. The third-order valence-corrected chi connectivity index (χ3v) is 4.41. The van der Waals surface area contributed by atoms with Gasteiger partial charge in [-0.2, -0.15) is 0 Å². The number of nitro groups is 1. The van der Waals surface area contributed by atoms with Gasteiger partial charge in [-0.3, -0.25) is 19.3 Å². The van der Waals surface area contributed by atoms with Gasteiger partial charge in [0.1, 0.15) is 11.4 Å². The highest BCUT2D eigenvalue weighted by atomic mass is 16.6. The van der Waals surface area contributed by atoms with E-state index in [4.69, 9.17) is 4.74 Å². The molecule has 1 aromatic carbocycles. The molecule has 8 heteroatoms. The standard InChI is InChI=1S/C18H16N4O4/c23-18-16(22(24)25)17(20-15-7-3-4-8-21(15)18)19-10-12-9-13-5-1-2-6-14(13)26-11-12/h1-8,12,19H,9-11H2. The summed E-state index contributed by atoms with van der Waals surface area (Å²) >= 11 is 0. The van der Waals surface area contributed by atoms with E-state index in [9.17, 15) is 14.9 Å². The van der Waals surface area contributed by atoms with Gasteiger partial charge in [-0.05, 0) is 30.2 Å². The maximum atomic E-state index is 12.4. The zero-order valence-electron chi connectivity index (χ0n) is 13.8. The first-order chi connectivity index (χ1) is 12.6. The first kappa shape index (κ1) is 16.1. The van der Waals surface area contributed by atoms with Crippen molar-refractivity contribution in [2.75, 3.05) is 18.5 Å². The van der Waals surface area contributed by atoms with E-state index in [1.807, 2.05) is 24.3 Å². The topological polar surface area (TPSA) is 98.8 Å². The van der Waals surface area contributed by atoms with Gasteiger partial charge in [0.2, 0.25) is 5.82 Å². The summed E-state index contributed by atoms with van der Waals surface area (Å²) in [5.74, 6) is 0.988. The van der Waals surface area contributed by atoms with Gasteiger partial charge in [-0.1, -0.05) is 24.3 Å². The van der Waals surface area contributed by atoms with E-state index in [-0.39, 0.29) is 11.7 Å². The Labute approximate surface area is 148 Å². The molecule has 2 aromatic heterocycles. The fourth-order valence-corrected chi connectivity index (χ4v) is 3.13. The van der Waals surface area contributed by atoms with E-state index in [1.165, 1.54) is 10.6 Å². The molecule has 4 rings (SSSR count). The second kappa shape index (κ2) is 6.47. The van der Waals surface area contributed by atoms with E-state index in [2.05, 4.69) is 10.3 Å². The van der Waals surface area contributed by atoms with E-state index in [1.54, 1.807) is 18.2 Å². The van der Waals surface area contributed by atoms with Gasteiger partial charge >= 0.3 is 11.2 Å². The van der Waals surface area contributed by atoms with Gasteiger partial charge in [0.05, 0.1) is 11.5 Å². The highest BCUT2D eigenvalue weighted by molar-refractivity contribution is 5.59. The second-order valence-corrected chi connectivity index (χ2v) is 6.17. The van der Waals surface area contributed by atoms with E-state index >= 15 is 0 Å². The van der Waals surface area contributed by atoms with Crippen LogP contribution in [0.2, 0.25) is 0 Å². The first-order valence-electron chi connectivity index (χ1n) is 8.24. The Hall–Kier alpha value is -3.42. The van der Waals surface area contributed by atoms with Crippen molar-refractivity contribution >= 4 is 17.2 Å². The summed E-state index contributed by atoms with van der Waals surface area (Å²) in [6.07, 6.45) is 2.26. The predicted octanol–water partition coefficient (Wildman–Crippen LogP) is 2.27. The molecule has 0 saturated heterocycles. The molecule has 0 amide bonds. The van der Waals surface area contributed by atoms with Crippen molar-refractivity contribution in [3.05, 3.63) is 74.7 Å². The van der Waals surface area contributed by atoms with Crippen LogP contribution in [0.3, 0.4) is 0 Å². The molecule has 3 aromatic rings. The normalized spacial score (nSPS) is 15.9. The van der Waals surface area contributed by atoms with E-state index < -0.39 is 16.2 Å². The molecular weight excluding hydrogens is 336 g/mol. The lowest BCUT2D eigenvalue weighted by Gasteiger charge is -2.25. The number of para-hydroxylation sites is 1. The summed E-state index contributed by atoms with van der Waals surface area (Å²) in [7, 11) is 0. The molecule has 26 heavy (non-hydrogen) atoms. The number of nitrogens with one attached hydrogen (secondary N) is 1. The van der Waals surface area contributed by atoms with E-state index in [0.29, 0.717) is 18.8 Å². The molecule has 0 bridgehead atoms. The molecule has 1 N–H and O–H groups in total. The van der Waals surface area contributed by atoms with Gasteiger partial charge in [0.15, 0.2) is 0 Å². The number of rotatable bonds is 4. The lowest BCUT2D eigenvalue weighted by atomic mass is 9.97. The first-order valence-corrected chi connectivity index (χ1v) is 8.24. The van der Waals surface area contributed by atoms with Crippen LogP contribution >= 0.6 is 0 Å². The largest absolute Gasteiger partial charge is 0.493 e. The fraction of sp³-hybridized carbons (Fsp3) is 0.222. The minimum absolute atomic E-state index is 0.00920. The number of hydrogen-bond acceptors (Lipinski definition) is 6. The number of hydrogen-bond donors (Lipinski definition) is 1. The van der Waals surface area contributed by atoms with Crippen molar-refractivity contribution in [3.8, 4) is 5.75 Å². The van der Waals surface area contributed by atoms with Crippen molar-refractivity contribution in [2.45, 2.75) is 6.42 Å². The van der Waals surface area contributed by atoms with Crippen molar-refractivity contribution in [3.63, 3.8) is 0 Å². The number of ether oxygens (including phenoxy) is 1. The number of fused-ring (bicyclic) bond motifs is 2. The Kier molecular flexibility index (Phi) is 4.00. The summed E-state index contributed by atoms with van der Waals surface area (Å²) in [5.41, 5.74) is 0.210.